The number of hydrogen-bond acceptors (Lipinski definition) is 2. The summed E-state index contributed by atoms with van der Waals surface area (Å²) >= 11 is 5.25. The van der Waals surface area contributed by atoms with Crippen LogP contribution in [0.2, 0.25) is 0 Å². The molecule has 1 N–H and O–H groups in total. The first-order valence-electron chi connectivity index (χ1n) is 6.90. The molecule has 0 spiro atoms. The Hall–Kier alpha value is -0.770. The van der Waals surface area contributed by atoms with Gasteiger partial charge < -0.3 is 5.11 Å². The SMILES string of the molecule is CC(O)c1ccc(Br)cc1Sc1ccc2c(c1)CCC2. The van der Waals surface area contributed by atoms with Crippen molar-refractivity contribution in [2.45, 2.75) is 42.1 Å². The van der Waals surface area contributed by atoms with E-state index >= 15 is 0 Å². The molecule has 1 aliphatic carbocycles. The van der Waals surface area contributed by atoms with Crippen LogP contribution in [0, 0.1) is 0 Å². The van der Waals surface area contributed by atoms with E-state index in [2.05, 4.69) is 40.2 Å². The number of hydrogen-bond donors (Lipinski definition) is 1. The van der Waals surface area contributed by atoms with Gasteiger partial charge in [0.15, 0.2) is 0 Å². The van der Waals surface area contributed by atoms with Crippen molar-refractivity contribution in [1.29, 1.82) is 0 Å². The van der Waals surface area contributed by atoms with E-state index in [9.17, 15) is 5.11 Å². The molecule has 3 heteroatoms. The number of aryl methyl sites for hydroxylation is 2. The molecular weight excluding hydrogens is 332 g/mol. The Morgan fingerprint density at radius 1 is 1.10 bits per heavy atom. The molecule has 0 heterocycles. The quantitative estimate of drug-likeness (QED) is 0.828. The zero-order chi connectivity index (χ0) is 14.1. The first-order chi connectivity index (χ1) is 9.63. The van der Waals surface area contributed by atoms with E-state index in [-0.39, 0.29) is 0 Å². The predicted molar refractivity (Wildman–Crippen MR) is 87.4 cm³/mol. The maximum Gasteiger partial charge on any atom is 0.0772 e. The van der Waals surface area contributed by atoms with Gasteiger partial charge in [0, 0.05) is 14.3 Å². The molecule has 20 heavy (non-hydrogen) atoms. The highest BCUT2D eigenvalue weighted by molar-refractivity contribution is 9.10. The highest BCUT2D eigenvalue weighted by Gasteiger charge is 2.13. The fraction of sp³-hybridized carbons (Fsp3) is 0.294. The lowest BCUT2D eigenvalue weighted by Crippen LogP contribution is -1.94. The molecule has 3 rings (SSSR count). The molecule has 104 valence electrons. The van der Waals surface area contributed by atoms with Crippen molar-refractivity contribution in [1.82, 2.24) is 0 Å². The van der Waals surface area contributed by atoms with Crippen molar-refractivity contribution < 1.29 is 5.11 Å². The third-order valence-electron chi connectivity index (χ3n) is 3.72. The second-order valence-electron chi connectivity index (χ2n) is 5.24. The van der Waals surface area contributed by atoms with Gasteiger partial charge in [-0.1, -0.05) is 39.8 Å². The topological polar surface area (TPSA) is 20.2 Å². The lowest BCUT2D eigenvalue weighted by Gasteiger charge is -2.13. The van der Waals surface area contributed by atoms with Crippen molar-refractivity contribution in [2.75, 3.05) is 0 Å². The average molecular weight is 349 g/mol. The summed E-state index contributed by atoms with van der Waals surface area (Å²) in [6, 6.07) is 12.8. The molecule has 2 aromatic carbocycles. The van der Waals surface area contributed by atoms with E-state index in [0.717, 1.165) is 14.9 Å². The smallest absolute Gasteiger partial charge is 0.0772 e. The van der Waals surface area contributed by atoms with E-state index in [1.807, 2.05) is 19.1 Å². The normalized spacial score (nSPS) is 15.2. The number of rotatable bonds is 3. The molecule has 1 unspecified atom stereocenters. The summed E-state index contributed by atoms with van der Waals surface area (Å²) in [4.78, 5) is 2.37. The van der Waals surface area contributed by atoms with E-state index in [1.165, 1.54) is 35.3 Å². The van der Waals surface area contributed by atoms with Gasteiger partial charge >= 0.3 is 0 Å². The minimum absolute atomic E-state index is 0.444. The minimum atomic E-state index is -0.444. The molecule has 0 bridgehead atoms. The fourth-order valence-electron chi connectivity index (χ4n) is 2.68. The lowest BCUT2D eigenvalue weighted by molar-refractivity contribution is 0.196. The number of halogens is 1. The standard InChI is InChI=1S/C17H17BrOS/c1-11(19)16-8-6-14(18)10-17(16)20-15-7-5-12-3-2-4-13(12)9-15/h5-11,19H,2-4H2,1H3. The number of benzene rings is 2. The average Bonchev–Trinajstić information content (AvgIpc) is 2.85. The Balaban J connectivity index is 1.93. The molecule has 0 saturated heterocycles. The van der Waals surface area contributed by atoms with Gasteiger partial charge in [-0.05, 0) is 67.1 Å². The summed E-state index contributed by atoms with van der Waals surface area (Å²) < 4.78 is 1.05. The van der Waals surface area contributed by atoms with Gasteiger partial charge in [-0.3, -0.25) is 0 Å². The zero-order valence-corrected chi connectivity index (χ0v) is 13.8. The van der Waals surface area contributed by atoms with Gasteiger partial charge in [0.25, 0.3) is 0 Å². The summed E-state index contributed by atoms with van der Waals surface area (Å²) in [6.45, 7) is 1.82. The highest BCUT2D eigenvalue weighted by atomic mass is 79.9. The van der Waals surface area contributed by atoms with Crippen molar-refractivity contribution in [3.05, 3.63) is 57.6 Å². The second kappa shape index (κ2) is 5.92. The molecular formula is C17H17BrOS. The number of aliphatic hydroxyl groups is 1. The Kier molecular flexibility index (Phi) is 4.20. The van der Waals surface area contributed by atoms with Gasteiger partial charge in [0.2, 0.25) is 0 Å². The molecule has 0 radical (unpaired) electrons. The largest absolute Gasteiger partial charge is 0.389 e. The van der Waals surface area contributed by atoms with E-state index in [4.69, 9.17) is 0 Å². The Bertz CT molecular complexity index is 637. The van der Waals surface area contributed by atoms with Crippen LogP contribution in [0.4, 0.5) is 0 Å². The van der Waals surface area contributed by atoms with Crippen LogP contribution in [-0.2, 0) is 12.8 Å². The molecule has 0 fully saturated rings. The van der Waals surface area contributed by atoms with Crippen LogP contribution in [0.1, 0.15) is 36.1 Å². The van der Waals surface area contributed by atoms with Crippen molar-refractivity contribution in [3.8, 4) is 0 Å². The first-order valence-corrected chi connectivity index (χ1v) is 8.51. The molecule has 0 saturated carbocycles. The molecule has 1 atom stereocenters. The molecule has 0 amide bonds. The highest BCUT2D eigenvalue weighted by Crippen LogP contribution is 2.37. The maximum atomic E-state index is 9.90. The third-order valence-corrected chi connectivity index (χ3v) is 5.28. The monoisotopic (exact) mass is 348 g/mol. The summed E-state index contributed by atoms with van der Waals surface area (Å²) in [5, 5.41) is 9.90. The van der Waals surface area contributed by atoms with Gasteiger partial charge in [-0.15, -0.1) is 0 Å². The van der Waals surface area contributed by atoms with Crippen LogP contribution in [0.3, 0.4) is 0 Å². The maximum absolute atomic E-state index is 9.90. The van der Waals surface area contributed by atoms with Gasteiger partial charge in [0.1, 0.15) is 0 Å². The van der Waals surface area contributed by atoms with Crippen molar-refractivity contribution in [3.63, 3.8) is 0 Å². The van der Waals surface area contributed by atoms with Crippen LogP contribution >= 0.6 is 27.7 Å². The van der Waals surface area contributed by atoms with Crippen molar-refractivity contribution in [2.24, 2.45) is 0 Å². The Labute approximate surface area is 132 Å². The third kappa shape index (κ3) is 2.95. The van der Waals surface area contributed by atoms with Crippen LogP contribution in [0.15, 0.2) is 50.7 Å². The molecule has 0 aromatic heterocycles. The van der Waals surface area contributed by atoms with Gasteiger partial charge in [-0.2, -0.15) is 0 Å². The van der Waals surface area contributed by atoms with Crippen LogP contribution in [0.25, 0.3) is 0 Å². The Morgan fingerprint density at radius 3 is 2.70 bits per heavy atom. The molecule has 2 aromatic rings. The Morgan fingerprint density at radius 2 is 1.90 bits per heavy atom. The second-order valence-corrected chi connectivity index (χ2v) is 7.28. The number of aliphatic hydroxyl groups excluding tert-OH is 1. The first kappa shape index (κ1) is 14.2. The summed E-state index contributed by atoms with van der Waals surface area (Å²) in [6.07, 6.45) is 3.25. The fourth-order valence-corrected chi connectivity index (χ4v) is 4.33. The van der Waals surface area contributed by atoms with Gasteiger partial charge in [-0.25, -0.2) is 0 Å². The zero-order valence-electron chi connectivity index (χ0n) is 11.4. The van der Waals surface area contributed by atoms with Crippen LogP contribution in [0.5, 0.6) is 0 Å². The van der Waals surface area contributed by atoms with Crippen LogP contribution < -0.4 is 0 Å². The summed E-state index contributed by atoms with van der Waals surface area (Å²) in [7, 11) is 0. The molecule has 1 aliphatic rings. The lowest BCUT2D eigenvalue weighted by atomic mass is 10.1. The van der Waals surface area contributed by atoms with Gasteiger partial charge in [0.05, 0.1) is 6.10 Å². The number of fused-ring (bicyclic) bond motifs is 1. The van der Waals surface area contributed by atoms with E-state index < -0.39 is 6.10 Å². The summed E-state index contributed by atoms with van der Waals surface area (Å²) in [5.74, 6) is 0. The molecule has 1 nitrogen and oxygen atoms in total. The minimum Gasteiger partial charge on any atom is -0.389 e. The van der Waals surface area contributed by atoms with E-state index in [0.29, 0.717) is 0 Å². The summed E-state index contributed by atoms with van der Waals surface area (Å²) in [5.41, 5.74) is 3.97. The van der Waals surface area contributed by atoms with Crippen LogP contribution in [-0.4, -0.2) is 5.11 Å². The van der Waals surface area contributed by atoms with Crippen molar-refractivity contribution >= 4 is 27.7 Å². The molecule has 0 aliphatic heterocycles. The van der Waals surface area contributed by atoms with E-state index in [1.54, 1.807) is 11.8 Å². The predicted octanol–water partition coefficient (Wildman–Crippen LogP) is 5.14.